The van der Waals surface area contributed by atoms with E-state index in [1.54, 1.807) is 7.11 Å². The number of rotatable bonds is 8. The van der Waals surface area contributed by atoms with Crippen molar-refractivity contribution in [2.45, 2.75) is 20.3 Å². The Kier molecular flexibility index (Phi) is 7.21. The van der Waals surface area contributed by atoms with E-state index in [1.165, 1.54) is 5.56 Å². The fourth-order valence-corrected chi connectivity index (χ4v) is 2.52. The summed E-state index contributed by atoms with van der Waals surface area (Å²) < 4.78 is 5.21. The topological polar surface area (TPSA) is 38.5 Å². The predicted octanol–water partition coefficient (Wildman–Crippen LogP) is 2.95. The van der Waals surface area contributed by atoms with E-state index in [9.17, 15) is 0 Å². The molecular formula is C15H25ClN2O. The summed E-state index contributed by atoms with van der Waals surface area (Å²) in [6.07, 6.45) is 0.845. The second kappa shape index (κ2) is 8.41. The molecule has 0 atom stereocenters. The molecule has 1 rings (SSSR count). The van der Waals surface area contributed by atoms with Crippen LogP contribution in [0, 0.1) is 5.92 Å². The smallest absolute Gasteiger partial charge is 0.0642 e. The number of hydrogen-bond donors (Lipinski definition) is 1. The van der Waals surface area contributed by atoms with Gasteiger partial charge in [-0.2, -0.15) is 0 Å². The van der Waals surface area contributed by atoms with Gasteiger partial charge >= 0.3 is 0 Å². The molecule has 1 aromatic rings. The number of benzene rings is 1. The average molecular weight is 285 g/mol. The van der Waals surface area contributed by atoms with Crippen LogP contribution in [0.5, 0.6) is 0 Å². The summed E-state index contributed by atoms with van der Waals surface area (Å²) in [4.78, 5) is 2.31. The molecule has 0 aromatic heterocycles. The fraction of sp³-hybridized carbons (Fsp3) is 0.600. The first kappa shape index (κ1) is 16.3. The van der Waals surface area contributed by atoms with Crippen LogP contribution < -0.4 is 10.6 Å². The van der Waals surface area contributed by atoms with E-state index < -0.39 is 0 Å². The van der Waals surface area contributed by atoms with Crippen LogP contribution >= 0.6 is 11.6 Å². The van der Waals surface area contributed by atoms with Gasteiger partial charge in [-0.05, 0) is 30.5 Å². The zero-order valence-corrected chi connectivity index (χ0v) is 12.9. The Morgan fingerprint density at radius 1 is 1.37 bits per heavy atom. The lowest BCUT2D eigenvalue weighted by molar-refractivity contribution is 0.204. The van der Waals surface area contributed by atoms with Crippen LogP contribution in [0.1, 0.15) is 19.4 Å². The second-order valence-corrected chi connectivity index (χ2v) is 5.53. The Morgan fingerprint density at radius 3 is 2.68 bits per heavy atom. The van der Waals surface area contributed by atoms with Gasteiger partial charge in [-0.25, -0.2) is 0 Å². The minimum absolute atomic E-state index is 0.568. The van der Waals surface area contributed by atoms with E-state index in [2.05, 4.69) is 24.8 Å². The van der Waals surface area contributed by atoms with Crippen LogP contribution in [0.2, 0.25) is 5.02 Å². The number of hydrogen-bond acceptors (Lipinski definition) is 3. The van der Waals surface area contributed by atoms with Crippen molar-refractivity contribution in [3.8, 4) is 0 Å². The molecule has 0 spiro atoms. The van der Waals surface area contributed by atoms with Crippen LogP contribution in [0.4, 0.5) is 5.69 Å². The Hall–Kier alpha value is -0.770. The Labute approximate surface area is 121 Å². The zero-order chi connectivity index (χ0) is 14.3. The summed E-state index contributed by atoms with van der Waals surface area (Å²) in [5, 5.41) is 0.794. The Morgan fingerprint density at radius 2 is 2.11 bits per heavy atom. The molecule has 108 valence electrons. The molecule has 0 unspecified atom stereocenters. The van der Waals surface area contributed by atoms with Crippen molar-refractivity contribution in [1.82, 2.24) is 0 Å². The SMILES string of the molecule is COCCN(CC(C)C)c1c(Cl)cccc1CCN. The summed E-state index contributed by atoms with van der Waals surface area (Å²) in [6.45, 7) is 7.55. The van der Waals surface area contributed by atoms with E-state index in [4.69, 9.17) is 22.1 Å². The van der Waals surface area contributed by atoms with E-state index in [-0.39, 0.29) is 0 Å². The Balaban J connectivity index is 3.04. The third-order valence-electron chi connectivity index (χ3n) is 2.95. The number of para-hydroxylation sites is 1. The molecule has 0 amide bonds. The second-order valence-electron chi connectivity index (χ2n) is 5.12. The maximum atomic E-state index is 6.40. The first-order valence-corrected chi connectivity index (χ1v) is 7.19. The maximum absolute atomic E-state index is 6.40. The molecule has 0 fully saturated rings. The normalized spacial score (nSPS) is 11.1. The van der Waals surface area contributed by atoms with Crippen molar-refractivity contribution < 1.29 is 4.74 Å². The summed E-state index contributed by atoms with van der Waals surface area (Å²) in [5.74, 6) is 0.568. The van der Waals surface area contributed by atoms with Gasteiger partial charge < -0.3 is 15.4 Å². The van der Waals surface area contributed by atoms with Crippen molar-refractivity contribution in [3.63, 3.8) is 0 Å². The average Bonchev–Trinajstić information content (AvgIpc) is 2.35. The molecule has 0 saturated carbocycles. The molecule has 0 heterocycles. The van der Waals surface area contributed by atoms with Gasteiger partial charge in [0.25, 0.3) is 0 Å². The minimum Gasteiger partial charge on any atom is -0.383 e. The van der Waals surface area contributed by atoms with Gasteiger partial charge in [0, 0.05) is 20.2 Å². The van der Waals surface area contributed by atoms with E-state index in [0.29, 0.717) is 19.1 Å². The van der Waals surface area contributed by atoms with Gasteiger partial charge in [-0.15, -0.1) is 0 Å². The van der Waals surface area contributed by atoms with Crippen molar-refractivity contribution in [1.29, 1.82) is 0 Å². The number of halogens is 1. The molecule has 0 radical (unpaired) electrons. The van der Waals surface area contributed by atoms with Crippen LogP contribution in [0.25, 0.3) is 0 Å². The highest BCUT2D eigenvalue weighted by Gasteiger charge is 2.15. The molecule has 0 aliphatic rings. The highest BCUT2D eigenvalue weighted by Crippen LogP contribution is 2.30. The number of nitrogens with zero attached hydrogens (tertiary/aromatic N) is 1. The van der Waals surface area contributed by atoms with Crippen molar-refractivity contribution in [2.75, 3.05) is 38.3 Å². The van der Waals surface area contributed by atoms with Crippen molar-refractivity contribution in [2.24, 2.45) is 11.7 Å². The van der Waals surface area contributed by atoms with E-state index >= 15 is 0 Å². The number of anilines is 1. The van der Waals surface area contributed by atoms with E-state index in [1.807, 2.05) is 12.1 Å². The molecule has 0 saturated heterocycles. The van der Waals surface area contributed by atoms with Gasteiger partial charge in [0.15, 0.2) is 0 Å². The highest BCUT2D eigenvalue weighted by atomic mass is 35.5. The molecule has 19 heavy (non-hydrogen) atoms. The molecule has 3 nitrogen and oxygen atoms in total. The third-order valence-corrected chi connectivity index (χ3v) is 3.26. The summed E-state index contributed by atoms with van der Waals surface area (Å²) >= 11 is 6.40. The predicted molar refractivity (Wildman–Crippen MR) is 83.1 cm³/mol. The number of methoxy groups -OCH3 is 1. The first-order valence-electron chi connectivity index (χ1n) is 6.81. The molecular weight excluding hydrogens is 260 g/mol. The number of nitrogens with two attached hydrogens (primary N) is 1. The number of ether oxygens (including phenoxy) is 1. The Bertz CT molecular complexity index is 382. The lowest BCUT2D eigenvalue weighted by atomic mass is 10.1. The first-order chi connectivity index (χ1) is 9.10. The lowest BCUT2D eigenvalue weighted by Gasteiger charge is -2.29. The summed E-state index contributed by atoms with van der Waals surface area (Å²) in [7, 11) is 1.72. The highest BCUT2D eigenvalue weighted by molar-refractivity contribution is 6.33. The summed E-state index contributed by atoms with van der Waals surface area (Å²) in [6, 6.07) is 6.03. The molecule has 0 aliphatic heterocycles. The largest absolute Gasteiger partial charge is 0.383 e. The van der Waals surface area contributed by atoms with Crippen molar-refractivity contribution in [3.05, 3.63) is 28.8 Å². The molecule has 2 N–H and O–H groups in total. The monoisotopic (exact) mass is 284 g/mol. The third kappa shape index (κ3) is 5.01. The lowest BCUT2D eigenvalue weighted by Crippen LogP contribution is -2.32. The van der Waals surface area contributed by atoms with Crippen molar-refractivity contribution >= 4 is 17.3 Å². The molecule has 0 aliphatic carbocycles. The van der Waals surface area contributed by atoms with Gasteiger partial charge in [-0.1, -0.05) is 37.6 Å². The van der Waals surface area contributed by atoms with Crippen LogP contribution in [0.15, 0.2) is 18.2 Å². The zero-order valence-electron chi connectivity index (χ0n) is 12.2. The van der Waals surface area contributed by atoms with Crippen LogP contribution in [-0.4, -0.2) is 33.4 Å². The maximum Gasteiger partial charge on any atom is 0.0642 e. The van der Waals surface area contributed by atoms with Gasteiger partial charge in [0.2, 0.25) is 0 Å². The van der Waals surface area contributed by atoms with Crippen LogP contribution in [-0.2, 0) is 11.2 Å². The quantitative estimate of drug-likeness (QED) is 0.798. The van der Waals surface area contributed by atoms with Crippen LogP contribution in [0.3, 0.4) is 0 Å². The fourth-order valence-electron chi connectivity index (χ4n) is 2.21. The minimum atomic E-state index is 0.568. The van der Waals surface area contributed by atoms with E-state index in [0.717, 1.165) is 30.2 Å². The van der Waals surface area contributed by atoms with Gasteiger partial charge in [0.1, 0.15) is 0 Å². The molecule has 4 heteroatoms. The van der Waals surface area contributed by atoms with Gasteiger partial charge in [-0.3, -0.25) is 0 Å². The summed E-state index contributed by atoms with van der Waals surface area (Å²) in [5.41, 5.74) is 8.02. The standard InChI is InChI=1S/C15H25ClN2O/c1-12(2)11-18(9-10-19-3)15-13(7-8-17)5-4-6-14(15)16/h4-6,12H,7-11,17H2,1-3H3. The molecule has 1 aromatic carbocycles. The molecule has 0 bridgehead atoms. The van der Waals surface area contributed by atoms with Gasteiger partial charge in [0.05, 0.1) is 17.3 Å².